The summed E-state index contributed by atoms with van der Waals surface area (Å²) in [7, 11) is 4.08. The van der Waals surface area contributed by atoms with Crippen molar-refractivity contribution in [3.05, 3.63) is 53.3 Å². The highest BCUT2D eigenvalue weighted by molar-refractivity contribution is 6.34. The van der Waals surface area contributed by atoms with Gasteiger partial charge in [0, 0.05) is 48.7 Å². The molecule has 236 valence electrons. The van der Waals surface area contributed by atoms with Crippen LogP contribution in [-0.2, 0) is 4.74 Å². The first kappa shape index (κ1) is 29.8. The lowest BCUT2D eigenvalue weighted by molar-refractivity contribution is 0.0123. The first-order chi connectivity index (χ1) is 21.4. The molecule has 2 atom stereocenters. The zero-order valence-corrected chi connectivity index (χ0v) is 27.0. The number of aromatic nitrogens is 2. The summed E-state index contributed by atoms with van der Waals surface area (Å²) < 4.78 is 22.5. The number of carbonyl (C=O) groups is 1. The number of fused-ring (bicyclic) bond motifs is 4. The van der Waals surface area contributed by atoms with E-state index in [4.69, 9.17) is 26.3 Å². The van der Waals surface area contributed by atoms with Crippen LogP contribution < -0.4 is 9.80 Å². The predicted octanol–water partition coefficient (Wildman–Crippen LogP) is 6.29. The molecular formula is C34H38ClFN6O3. The number of carbonyl (C=O) groups excluding carboxylic acids is 1. The average Bonchev–Trinajstić information content (AvgIpc) is 3.21. The Bertz CT molecular complexity index is 1810. The molecular weight excluding hydrogens is 595 g/mol. The summed E-state index contributed by atoms with van der Waals surface area (Å²) in [5.41, 5.74) is -0.0244. The second kappa shape index (κ2) is 10.9. The van der Waals surface area contributed by atoms with Gasteiger partial charge in [0.1, 0.15) is 22.7 Å². The van der Waals surface area contributed by atoms with E-state index >= 15 is 4.39 Å². The topological polar surface area (TPSA) is 85.3 Å². The summed E-state index contributed by atoms with van der Waals surface area (Å²) in [5.74, 6) is 0.384. The van der Waals surface area contributed by atoms with Gasteiger partial charge in [0.2, 0.25) is 5.95 Å². The summed E-state index contributed by atoms with van der Waals surface area (Å²) in [6.07, 6.45) is 1.41. The van der Waals surface area contributed by atoms with E-state index in [9.17, 15) is 9.90 Å². The van der Waals surface area contributed by atoms with Gasteiger partial charge in [-0.05, 0) is 76.7 Å². The number of phenols is 1. The van der Waals surface area contributed by atoms with Gasteiger partial charge in [0.15, 0.2) is 5.82 Å². The van der Waals surface area contributed by atoms with Crippen molar-refractivity contribution in [2.75, 3.05) is 50.1 Å². The van der Waals surface area contributed by atoms with Gasteiger partial charge in [0.25, 0.3) is 0 Å². The number of hydrogen-bond donors (Lipinski definition) is 1. The van der Waals surface area contributed by atoms with Crippen LogP contribution in [0.4, 0.5) is 21.0 Å². The van der Waals surface area contributed by atoms with Crippen molar-refractivity contribution in [2.24, 2.45) is 0 Å². The standard InChI is InChI=1S/C34H38ClFN6O3/c1-34(2,3)45-33(44)42-21-10-11-22(42)16-40(15-21)31-25-14-26(35)28(24-12-19-8-6-7-9-20(19)13-27(24)43)29(36)30(25)37-32(38-31)41-17-23(18-41)39(4)5/h6-9,12-14,21-23,43H,10-11,15-18H2,1-5H3. The van der Waals surface area contributed by atoms with Crippen LogP contribution in [0.3, 0.4) is 0 Å². The van der Waals surface area contributed by atoms with Gasteiger partial charge >= 0.3 is 6.09 Å². The van der Waals surface area contributed by atoms with Crippen LogP contribution in [0.1, 0.15) is 33.6 Å². The fourth-order valence-corrected chi connectivity index (χ4v) is 7.15. The molecule has 1 amide bonds. The molecule has 2 unspecified atom stereocenters. The number of likely N-dealkylation sites (N-methyl/N-ethyl adjacent to an activating group) is 1. The number of amides is 1. The van der Waals surface area contributed by atoms with Crippen molar-refractivity contribution in [1.29, 1.82) is 0 Å². The van der Waals surface area contributed by atoms with E-state index in [1.807, 2.05) is 64.0 Å². The van der Waals surface area contributed by atoms with E-state index < -0.39 is 11.4 Å². The van der Waals surface area contributed by atoms with Crippen molar-refractivity contribution in [3.63, 3.8) is 0 Å². The quantitative estimate of drug-likeness (QED) is 0.281. The lowest BCUT2D eigenvalue weighted by Gasteiger charge is -2.44. The van der Waals surface area contributed by atoms with Crippen LogP contribution in [0.5, 0.6) is 5.75 Å². The Hall–Kier alpha value is -3.89. The van der Waals surface area contributed by atoms with Crippen molar-refractivity contribution >= 4 is 51.1 Å². The third-order valence-electron chi connectivity index (χ3n) is 9.25. The maximum absolute atomic E-state index is 16.8. The Kier molecular flexibility index (Phi) is 7.20. The molecule has 45 heavy (non-hydrogen) atoms. The molecule has 0 saturated carbocycles. The minimum atomic E-state index is -0.604. The molecule has 1 N–H and O–H groups in total. The normalized spacial score (nSPS) is 20.4. The van der Waals surface area contributed by atoms with Gasteiger partial charge in [-0.1, -0.05) is 35.9 Å². The molecule has 9 nitrogen and oxygen atoms in total. The lowest BCUT2D eigenvalue weighted by Crippen LogP contribution is -2.58. The monoisotopic (exact) mass is 632 g/mol. The first-order valence-electron chi connectivity index (χ1n) is 15.5. The van der Waals surface area contributed by atoms with E-state index in [2.05, 4.69) is 14.7 Å². The van der Waals surface area contributed by atoms with Gasteiger partial charge in [-0.25, -0.2) is 14.2 Å². The van der Waals surface area contributed by atoms with Gasteiger partial charge < -0.3 is 24.5 Å². The summed E-state index contributed by atoms with van der Waals surface area (Å²) in [4.78, 5) is 31.2. The van der Waals surface area contributed by atoms with Crippen molar-refractivity contribution in [1.82, 2.24) is 19.8 Å². The average molecular weight is 633 g/mol. The van der Waals surface area contributed by atoms with E-state index in [1.165, 1.54) is 0 Å². The minimum absolute atomic E-state index is 0.0525. The highest BCUT2D eigenvalue weighted by Gasteiger charge is 2.45. The van der Waals surface area contributed by atoms with E-state index in [1.54, 1.807) is 18.2 Å². The molecule has 3 saturated heterocycles. The van der Waals surface area contributed by atoms with Crippen LogP contribution in [0, 0.1) is 5.82 Å². The molecule has 3 aliphatic heterocycles. The number of hydrogen-bond acceptors (Lipinski definition) is 8. The fraction of sp³-hybridized carbons (Fsp3) is 0.441. The molecule has 1 aromatic heterocycles. The zero-order valence-electron chi connectivity index (χ0n) is 26.2. The molecule has 4 aromatic rings. The van der Waals surface area contributed by atoms with Crippen molar-refractivity contribution in [2.45, 2.75) is 57.3 Å². The summed E-state index contributed by atoms with van der Waals surface area (Å²) in [6, 6.07) is 12.9. The number of phenolic OH excluding ortho intramolecular Hbond substituents is 1. The number of benzene rings is 3. The second-order valence-corrected chi connectivity index (χ2v) is 14.1. The van der Waals surface area contributed by atoms with Gasteiger partial charge in [-0.15, -0.1) is 0 Å². The molecule has 3 aliphatic rings. The zero-order chi connectivity index (χ0) is 31.8. The van der Waals surface area contributed by atoms with Crippen molar-refractivity contribution < 1.29 is 19.0 Å². The number of nitrogens with zero attached hydrogens (tertiary/aromatic N) is 6. The SMILES string of the molecule is CN(C)C1CN(c2nc(N3CC4CCC(C3)N4C(=O)OC(C)(C)C)c3cc(Cl)c(-c4cc5ccccc5cc4O)c(F)c3n2)C1. The molecule has 7 rings (SSSR count). The van der Waals surface area contributed by atoms with Gasteiger partial charge in [-0.2, -0.15) is 4.98 Å². The molecule has 11 heteroatoms. The van der Waals surface area contributed by atoms with Crippen LogP contribution in [0.2, 0.25) is 5.02 Å². The van der Waals surface area contributed by atoms with Crippen LogP contribution in [0.25, 0.3) is 32.8 Å². The van der Waals surface area contributed by atoms with Crippen LogP contribution in [0.15, 0.2) is 42.5 Å². The third kappa shape index (κ3) is 5.27. The first-order valence-corrected chi connectivity index (χ1v) is 15.8. The molecule has 3 aromatic carbocycles. The minimum Gasteiger partial charge on any atom is -0.507 e. The number of halogens is 2. The van der Waals surface area contributed by atoms with Gasteiger partial charge in [-0.3, -0.25) is 4.90 Å². The van der Waals surface area contributed by atoms with Crippen LogP contribution in [-0.4, -0.2) is 95.0 Å². The Labute approximate surface area is 267 Å². The number of piperazine rings is 1. The van der Waals surface area contributed by atoms with E-state index in [0.29, 0.717) is 41.8 Å². The number of anilines is 2. The number of rotatable bonds is 4. The lowest BCUT2D eigenvalue weighted by atomic mass is 9.98. The molecule has 3 fully saturated rings. The maximum Gasteiger partial charge on any atom is 0.410 e. The highest BCUT2D eigenvalue weighted by Crippen LogP contribution is 2.44. The largest absolute Gasteiger partial charge is 0.507 e. The Morgan fingerprint density at radius 3 is 2.27 bits per heavy atom. The second-order valence-electron chi connectivity index (χ2n) is 13.7. The predicted molar refractivity (Wildman–Crippen MR) is 176 cm³/mol. The molecule has 0 aliphatic carbocycles. The Balaban J connectivity index is 1.33. The Morgan fingerprint density at radius 2 is 1.64 bits per heavy atom. The number of ether oxygens (including phenoxy) is 1. The molecule has 0 spiro atoms. The van der Waals surface area contributed by atoms with Crippen molar-refractivity contribution in [3.8, 4) is 16.9 Å². The molecule has 0 radical (unpaired) electrons. The van der Waals surface area contributed by atoms with E-state index in [-0.39, 0.29) is 40.0 Å². The third-order valence-corrected chi connectivity index (χ3v) is 9.54. The highest BCUT2D eigenvalue weighted by atomic mass is 35.5. The summed E-state index contributed by atoms with van der Waals surface area (Å²) in [6.45, 7) is 8.14. The maximum atomic E-state index is 16.8. The number of aromatic hydroxyl groups is 1. The fourth-order valence-electron chi connectivity index (χ4n) is 6.86. The van der Waals surface area contributed by atoms with Crippen LogP contribution >= 0.6 is 11.6 Å². The summed E-state index contributed by atoms with van der Waals surface area (Å²) in [5, 5.41) is 13.4. The van der Waals surface area contributed by atoms with Gasteiger partial charge in [0.05, 0.1) is 17.1 Å². The van der Waals surface area contributed by atoms with E-state index in [0.717, 1.165) is 36.7 Å². The Morgan fingerprint density at radius 1 is 1.00 bits per heavy atom. The summed E-state index contributed by atoms with van der Waals surface area (Å²) >= 11 is 6.86. The molecule has 2 bridgehead atoms. The smallest absolute Gasteiger partial charge is 0.410 e. The molecule has 4 heterocycles.